The van der Waals surface area contributed by atoms with Crippen molar-refractivity contribution in [1.29, 1.82) is 5.26 Å². The van der Waals surface area contributed by atoms with E-state index in [0.29, 0.717) is 6.42 Å². The van der Waals surface area contributed by atoms with E-state index in [0.717, 1.165) is 22.3 Å². The van der Waals surface area contributed by atoms with Crippen molar-refractivity contribution in [2.45, 2.75) is 12.2 Å². The highest BCUT2D eigenvalue weighted by atomic mass is 32.2. The van der Waals surface area contributed by atoms with E-state index in [-0.39, 0.29) is 0 Å². The summed E-state index contributed by atoms with van der Waals surface area (Å²) < 4.78 is 0. The van der Waals surface area contributed by atoms with Crippen LogP contribution < -0.4 is 4.90 Å². The van der Waals surface area contributed by atoms with Crippen LogP contribution in [0.1, 0.15) is 12.1 Å². The van der Waals surface area contributed by atoms with Crippen LogP contribution >= 0.6 is 23.1 Å². The monoisotopic (exact) mass is 227 g/mol. The second-order valence-electron chi connectivity index (χ2n) is 2.98. The number of nitrogens with zero attached hydrogens (tertiary/aromatic N) is 3. The standard InChI is InChI=1S/C9H13N3S2/c1-12(2)9-11-8(7-14-9)6-13-5-3-4-10/h7H,3,5-6H2,1-2H3. The summed E-state index contributed by atoms with van der Waals surface area (Å²) in [7, 11) is 3.98. The van der Waals surface area contributed by atoms with E-state index in [4.69, 9.17) is 5.26 Å². The number of aromatic nitrogens is 1. The molecule has 0 amide bonds. The first-order chi connectivity index (χ1) is 6.74. The molecule has 1 aromatic rings. The molecular formula is C9H13N3S2. The Balaban J connectivity index is 2.33. The Kier molecular flexibility index (Phi) is 4.77. The summed E-state index contributed by atoms with van der Waals surface area (Å²) in [6.07, 6.45) is 0.620. The van der Waals surface area contributed by atoms with Crippen molar-refractivity contribution in [2.24, 2.45) is 0 Å². The first kappa shape index (κ1) is 11.3. The lowest BCUT2D eigenvalue weighted by atomic mass is 10.6. The molecule has 0 aliphatic rings. The van der Waals surface area contributed by atoms with Gasteiger partial charge in [-0.15, -0.1) is 11.3 Å². The van der Waals surface area contributed by atoms with Gasteiger partial charge >= 0.3 is 0 Å². The molecule has 76 valence electrons. The molecule has 1 aromatic heterocycles. The third-order valence-corrected chi connectivity index (χ3v) is 3.58. The number of rotatable bonds is 5. The van der Waals surface area contributed by atoms with Gasteiger partial charge in [0.1, 0.15) is 0 Å². The van der Waals surface area contributed by atoms with Crippen molar-refractivity contribution in [3.05, 3.63) is 11.1 Å². The van der Waals surface area contributed by atoms with Crippen LogP contribution in [-0.2, 0) is 5.75 Å². The number of hydrogen-bond acceptors (Lipinski definition) is 5. The van der Waals surface area contributed by atoms with E-state index in [9.17, 15) is 0 Å². The Hall–Kier alpha value is -0.730. The van der Waals surface area contributed by atoms with Gasteiger partial charge in [0.15, 0.2) is 5.13 Å². The van der Waals surface area contributed by atoms with E-state index < -0.39 is 0 Å². The maximum absolute atomic E-state index is 8.36. The predicted octanol–water partition coefficient (Wildman–Crippen LogP) is 2.36. The smallest absolute Gasteiger partial charge is 0.185 e. The summed E-state index contributed by atoms with van der Waals surface area (Å²) in [5.41, 5.74) is 1.11. The van der Waals surface area contributed by atoms with Crippen molar-refractivity contribution < 1.29 is 0 Å². The highest BCUT2D eigenvalue weighted by Gasteiger charge is 2.02. The molecule has 0 saturated carbocycles. The molecule has 5 heteroatoms. The van der Waals surface area contributed by atoms with Gasteiger partial charge in [0, 0.05) is 37.4 Å². The lowest BCUT2D eigenvalue weighted by molar-refractivity contribution is 1.08. The number of hydrogen-bond donors (Lipinski definition) is 0. The summed E-state index contributed by atoms with van der Waals surface area (Å²) in [6, 6.07) is 2.13. The van der Waals surface area contributed by atoms with Gasteiger partial charge in [0.05, 0.1) is 11.8 Å². The summed E-state index contributed by atoms with van der Waals surface area (Å²) in [6.45, 7) is 0. The van der Waals surface area contributed by atoms with E-state index in [1.165, 1.54) is 0 Å². The molecular weight excluding hydrogens is 214 g/mol. The molecule has 0 bridgehead atoms. The normalized spacial score (nSPS) is 9.79. The minimum absolute atomic E-state index is 0.620. The van der Waals surface area contributed by atoms with Crippen LogP contribution in [0.15, 0.2) is 5.38 Å². The van der Waals surface area contributed by atoms with Gasteiger partial charge in [-0.3, -0.25) is 0 Å². The Morgan fingerprint density at radius 1 is 1.64 bits per heavy atom. The zero-order valence-corrected chi connectivity index (χ0v) is 9.99. The van der Waals surface area contributed by atoms with Gasteiger partial charge in [0.2, 0.25) is 0 Å². The summed E-state index contributed by atoms with van der Waals surface area (Å²) >= 11 is 3.42. The van der Waals surface area contributed by atoms with Gasteiger partial charge in [0.25, 0.3) is 0 Å². The molecule has 0 aliphatic heterocycles. The zero-order valence-electron chi connectivity index (χ0n) is 8.36. The third kappa shape index (κ3) is 3.56. The predicted molar refractivity (Wildman–Crippen MR) is 62.8 cm³/mol. The van der Waals surface area contributed by atoms with E-state index >= 15 is 0 Å². The Morgan fingerprint density at radius 2 is 2.43 bits per heavy atom. The maximum atomic E-state index is 8.36. The van der Waals surface area contributed by atoms with Crippen LogP contribution in [0.3, 0.4) is 0 Å². The highest BCUT2D eigenvalue weighted by molar-refractivity contribution is 7.98. The SMILES string of the molecule is CN(C)c1nc(CSCCC#N)cs1. The van der Waals surface area contributed by atoms with Gasteiger partial charge in [-0.25, -0.2) is 4.98 Å². The maximum Gasteiger partial charge on any atom is 0.185 e. The lowest BCUT2D eigenvalue weighted by Gasteiger charge is -2.05. The van der Waals surface area contributed by atoms with Crippen molar-refractivity contribution in [2.75, 3.05) is 24.7 Å². The molecule has 14 heavy (non-hydrogen) atoms. The van der Waals surface area contributed by atoms with Crippen LogP contribution in [0, 0.1) is 11.3 Å². The molecule has 1 rings (SSSR count). The summed E-state index contributed by atoms with van der Waals surface area (Å²) in [5, 5.41) is 11.5. The molecule has 0 atom stereocenters. The minimum atomic E-state index is 0.620. The van der Waals surface area contributed by atoms with Gasteiger partial charge < -0.3 is 4.90 Å². The second-order valence-corrected chi connectivity index (χ2v) is 4.92. The van der Waals surface area contributed by atoms with Gasteiger partial charge in [-0.05, 0) is 0 Å². The van der Waals surface area contributed by atoms with E-state index in [1.54, 1.807) is 23.1 Å². The first-order valence-electron chi connectivity index (χ1n) is 4.30. The van der Waals surface area contributed by atoms with Crippen molar-refractivity contribution in [3.63, 3.8) is 0 Å². The molecule has 0 aromatic carbocycles. The Labute approximate surface area is 92.8 Å². The van der Waals surface area contributed by atoms with Crippen LogP contribution in [0.4, 0.5) is 5.13 Å². The Morgan fingerprint density at radius 3 is 3.00 bits per heavy atom. The Bertz CT molecular complexity index is 314. The number of anilines is 1. The van der Waals surface area contributed by atoms with Crippen LogP contribution in [-0.4, -0.2) is 24.8 Å². The fourth-order valence-corrected chi connectivity index (χ4v) is 2.46. The average molecular weight is 227 g/mol. The van der Waals surface area contributed by atoms with Crippen LogP contribution in [0.25, 0.3) is 0 Å². The molecule has 1 heterocycles. The molecule has 0 N–H and O–H groups in total. The number of thiazole rings is 1. The molecule has 0 aliphatic carbocycles. The quantitative estimate of drug-likeness (QED) is 0.724. The van der Waals surface area contributed by atoms with Gasteiger partial charge in [-0.1, -0.05) is 0 Å². The summed E-state index contributed by atoms with van der Waals surface area (Å²) in [5.74, 6) is 1.80. The third-order valence-electron chi connectivity index (χ3n) is 1.53. The fourth-order valence-electron chi connectivity index (χ4n) is 0.863. The topological polar surface area (TPSA) is 39.9 Å². The molecule has 0 spiro atoms. The summed E-state index contributed by atoms with van der Waals surface area (Å²) in [4.78, 5) is 6.46. The first-order valence-corrected chi connectivity index (χ1v) is 6.34. The molecule has 0 fully saturated rings. The van der Waals surface area contributed by atoms with Crippen molar-refractivity contribution in [1.82, 2.24) is 4.98 Å². The molecule has 0 saturated heterocycles. The molecule has 0 unspecified atom stereocenters. The van der Waals surface area contributed by atoms with Crippen LogP contribution in [0.2, 0.25) is 0 Å². The van der Waals surface area contributed by atoms with E-state index in [2.05, 4.69) is 16.4 Å². The number of nitriles is 1. The minimum Gasteiger partial charge on any atom is -0.354 e. The fraction of sp³-hybridized carbons (Fsp3) is 0.556. The largest absolute Gasteiger partial charge is 0.354 e. The highest BCUT2D eigenvalue weighted by Crippen LogP contribution is 2.21. The zero-order chi connectivity index (χ0) is 10.4. The average Bonchev–Trinajstić information content (AvgIpc) is 2.61. The van der Waals surface area contributed by atoms with Gasteiger partial charge in [-0.2, -0.15) is 17.0 Å². The molecule has 3 nitrogen and oxygen atoms in total. The van der Waals surface area contributed by atoms with Crippen molar-refractivity contribution >= 4 is 28.2 Å². The lowest BCUT2D eigenvalue weighted by Crippen LogP contribution is -2.07. The second kappa shape index (κ2) is 5.89. The van der Waals surface area contributed by atoms with Crippen LogP contribution in [0.5, 0.6) is 0 Å². The van der Waals surface area contributed by atoms with E-state index in [1.807, 2.05) is 19.0 Å². The van der Waals surface area contributed by atoms with Crippen molar-refractivity contribution in [3.8, 4) is 6.07 Å². The molecule has 0 radical (unpaired) electrons. The number of thioether (sulfide) groups is 1.